The molecule has 6 nitrogen and oxygen atoms in total. The van der Waals surface area contributed by atoms with E-state index in [1.807, 2.05) is 6.07 Å². The second-order valence-corrected chi connectivity index (χ2v) is 8.35. The van der Waals surface area contributed by atoms with Crippen molar-refractivity contribution >= 4 is 26.9 Å². The summed E-state index contributed by atoms with van der Waals surface area (Å²) in [5.74, 6) is -4.52. The van der Waals surface area contributed by atoms with Crippen molar-refractivity contribution in [3.63, 3.8) is 0 Å². The Morgan fingerprint density at radius 1 is 1.10 bits per heavy atom. The van der Waals surface area contributed by atoms with Crippen LogP contribution in [0.25, 0.3) is 10.9 Å². The van der Waals surface area contributed by atoms with Gasteiger partial charge in [-0.15, -0.1) is 0 Å². The van der Waals surface area contributed by atoms with Crippen molar-refractivity contribution in [2.45, 2.75) is 24.0 Å². The van der Waals surface area contributed by atoms with Gasteiger partial charge in [0.05, 0.1) is 5.52 Å². The summed E-state index contributed by atoms with van der Waals surface area (Å²) in [4.78, 5) is 8.24. The highest BCUT2D eigenvalue weighted by Gasteiger charge is 2.38. The zero-order valence-electron chi connectivity index (χ0n) is 15.6. The molecule has 0 unspecified atom stereocenters. The monoisotopic (exact) mass is 462 g/mol. The molecule has 1 aliphatic rings. The van der Waals surface area contributed by atoms with Crippen LogP contribution in [0.1, 0.15) is 11.1 Å². The number of nitrogens with zero attached hydrogens (tertiary/aromatic N) is 1. The molecule has 0 saturated heterocycles. The number of carboxylic acid groups (broad SMARTS) is 1. The Labute approximate surface area is 173 Å². The van der Waals surface area contributed by atoms with Gasteiger partial charge in [0, 0.05) is 18.1 Å². The van der Waals surface area contributed by atoms with E-state index in [0.29, 0.717) is 24.5 Å². The Hall–Kier alpha value is -2.99. The number of alkyl halides is 3. The van der Waals surface area contributed by atoms with Gasteiger partial charge in [-0.3, -0.25) is 0 Å². The highest BCUT2D eigenvalue weighted by atomic mass is 32.2. The number of hydrogen-bond donors (Lipinski definition) is 2. The van der Waals surface area contributed by atoms with Gasteiger partial charge in [0.25, 0.3) is 10.0 Å². The van der Waals surface area contributed by atoms with Crippen LogP contribution in [-0.2, 0) is 27.8 Å². The number of rotatable bonds is 2. The molecule has 2 N–H and O–H groups in total. The van der Waals surface area contributed by atoms with Gasteiger partial charge < -0.3 is 10.4 Å². The normalized spacial score (nSPS) is 14.0. The number of halogens is 5. The van der Waals surface area contributed by atoms with Gasteiger partial charge in [0.15, 0.2) is 0 Å². The van der Waals surface area contributed by atoms with Crippen LogP contribution in [-0.4, -0.2) is 36.2 Å². The number of benzene rings is 2. The molecule has 0 atom stereocenters. The van der Waals surface area contributed by atoms with Crippen molar-refractivity contribution in [3.05, 3.63) is 65.4 Å². The lowest BCUT2D eigenvalue weighted by Crippen LogP contribution is -2.21. The molecule has 166 valence electrons. The van der Waals surface area contributed by atoms with Gasteiger partial charge >= 0.3 is 12.1 Å². The summed E-state index contributed by atoms with van der Waals surface area (Å²) in [6.07, 6.45) is -2.90. The van der Waals surface area contributed by atoms with Gasteiger partial charge in [-0.1, -0.05) is 12.1 Å². The molecule has 3 aromatic rings. The Morgan fingerprint density at radius 3 is 2.42 bits per heavy atom. The summed E-state index contributed by atoms with van der Waals surface area (Å²) in [6.45, 7) is 1.37. The maximum absolute atomic E-state index is 14.0. The van der Waals surface area contributed by atoms with E-state index in [4.69, 9.17) is 9.90 Å². The number of aliphatic carboxylic acids is 1. The summed E-state index contributed by atoms with van der Waals surface area (Å²) in [5.41, 5.74) is 2.36. The third-order valence-electron chi connectivity index (χ3n) is 4.52. The summed E-state index contributed by atoms with van der Waals surface area (Å²) >= 11 is 0. The van der Waals surface area contributed by atoms with E-state index in [-0.39, 0.29) is 0 Å². The van der Waals surface area contributed by atoms with Crippen LogP contribution in [0.3, 0.4) is 0 Å². The molecule has 0 amide bonds. The lowest BCUT2D eigenvalue weighted by Gasteiger charge is -2.10. The number of carboxylic acids is 1. The Balaban J connectivity index is 0.000000339. The fourth-order valence-electron chi connectivity index (χ4n) is 3.18. The Morgan fingerprint density at radius 2 is 1.77 bits per heavy atom. The summed E-state index contributed by atoms with van der Waals surface area (Å²) < 4.78 is 86.1. The van der Waals surface area contributed by atoms with Crippen LogP contribution < -0.4 is 5.32 Å². The van der Waals surface area contributed by atoms with E-state index in [2.05, 4.69) is 5.32 Å². The third-order valence-corrected chi connectivity index (χ3v) is 6.21. The van der Waals surface area contributed by atoms with Crippen LogP contribution in [0.2, 0.25) is 0 Å². The van der Waals surface area contributed by atoms with Gasteiger partial charge in [0.2, 0.25) is 0 Å². The second kappa shape index (κ2) is 8.27. The molecule has 31 heavy (non-hydrogen) atoms. The quantitative estimate of drug-likeness (QED) is 0.570. The number of hydrogen-bond acceptors (Lipinski definition) is 4. The minimum atomic E-state index is -5.08. The summed E-state index contributed by atoms with van der Waals surface area (Å²) in [5, 5.41) is 11.3. The molecule has 2 heterocycles. The molecule has 2 aromatic carbocycles. The molecule has 0 saturated carbocycles. The van der Waals surface area contributed by atoms with E-state index in [9.17, 15) is 30.4 Å². The standard InChI is InChI=1S/C17H14F2N2O2S.C2HF3O2/c18-13-4-5-14(19)16(8-13)24(22,23)21-10-12-6-7-20-9-11-2-1-3-15(21)17(11)12;3-2(4,5)1(6)7/h1-5,8,10,20H,6-7,9H2;(H,6,7). The fraction of sp³-hybridized carbons (Fsp3) is 0.211. The summed E-state index contributed by atoms with van der Waals surface area (Å²) in [7, 11) is -4.23. The summed E-state index contributed by atoms with van der Waals surface area (Å²) in [6, 6.07) is 7.82. The van der Waals surface area contributed by atoms with E-state index in [1.165, 1.54) is 6.20 Å². The first-order valence-corrected chi connectivity index (χ1v) is 10.2. The van der Waals surface area contributed by atoms with Crippen molar-refractivity contribution in [1.29, 1.82) is 0 Å². The molecule has 0 bridgehead atoms. The van der Waals surface area contributed by atoms with E-state index < -0.39 is 38.7 Å². The first kappa shape index (κ1) is 22.7. The molecular formula is C19H15F5N2O4S. The third kappa shape index (κ3) is 4.54. The first-order valence-electron chi connectivity index (χ1n) is 8.76. The second-order valence-electron chi connectivity index (χ2n) is 6.57. The van der Waals surface area contributed by atoms with E-state index in [0.717, 1.165) is 39.2 Å². The predicted molar refractivity (Wildman–Crippen MR) is 100.0 cm³/mol. The Kier molecular flexibility index (Phi) is 6.05. The molecule has 12 heteroatoms. The van der Waals surface area contributed by atoms with Gasteiger partial charge in [-0.2, -0.15) is 13.2 Å². The van der Waals surface area contributed by atoms with E-state index in [1.54, 1.807) is 12.1 Å². The molecule has 0 fully saturated rings. The van der Waals surface area contributed by atoms with Crippen LogP contribution in [0.4, 0.5) is 22.0 Å². The molecule has 1 aromatic heterocycles. The topological polar surface area (TPSA) is 88.4 Å². The molecule has 0 aliphatic carbocycles. The van der Waals surface area contributed by atoms with Gasteiger partial charge in [-0.25, -0.2) is 26.0 Å². The van der Waals surface area contributed by atoms with Crippen molar-refractivity contribution in [1.82, 2.24) is 9.29 Å². The molecule has 0 radical (unpaired) electrons. The van der Waals surface area contributed by atoms with Crippen LogP contribution in [0, 0.1) is 11.6 Å². The maximum atomic E-state index is 14.0. The number of carbonyl (C=O) groups is 1. The molecule has 4 rings (SSSR count). The Bertz CT molecular complexity index is 1250. The van der Waals surface area contributed by atoms with Crippen molar-refractivity contribution in [2.75, 3.05) is 6.54 Å². The average Bonchev–Trinajstić information content (AvgIpc) is 2.94. The lowest BCUT2D eigenvalue weighted by atomic mass is 10.1. The zero-order chi connectivity index (χ0) is 23.0. The van der Waals surface area contributed by atoms with E-state index >= 15 is 0 Å². The molecule has 0 spiro atoms. The van der Waals surface area contributed by atoms with Crippen LogP contribution in [0.5, 0.6) is 0 Å². The van der Waals surface area contributed by atoms with Crippen LogP contribution in [0.15, 0.2) is 47.5 Å². The molecular weight excluding hydrogens is 447 g/mol. The predicted octanol–water partition coefficient (Wildman–Crippen LogP) is 3.44. The smallest absolute Gasteiger partial charge is 0.475 e. The first-order chi connectivity index (χ1) is 14.4. The van der Waals surface area contributed by atoms with Crippen molar-refractivity contribution in [2.24, 2.45) is 0 Å². The largest absolute Gasteiger partial charge is 0.490 e. The van der Waals surface area contributed by atoms with Gasteiger partial charge in [-0.05, 0) is 48.4 Å². The zero-order valence-corrected chi connectivity index (χ0v) is 16.4. The lowest BCUT2D eigenvalue weighted by molar-refractivity contribution is -0.192. The van der Waals surface area contributed by atoms with Crippen molar-refractivity contribution in [3.8, 4) is 0 Å². The SMILES string of the molecule is O=C(O)C(F)(F)F.O=S(=O)(c1cc(F)ccc1F)n1cc2c3c(cccc31)CNCC2. The maximum Gasteiger partial charge on any atom is 0.490 e. The molecule has 1 aliphatic heterocycles. The van der Waals surface area contributed by atoms with Crippen molar-refractivity contribution < 1.29 is 40.3 Å². The fourth-order valence-corrected chi connectivity index (χ4v) is 4.64. The van der Waals surface area contributed by atoms with Gasteiger partial charge in [0.1, 0.15) is 16.5 Å². The minimum Gasteiger partial charge on any atom is -0.475 e. The number of nitrogens with one attached hydrogen (secondary N) is 1. The highest BCUT2D eigenvalue weighted by molar-refractivity contribution is 7.90. The van der Waals surface area contributed by atoms with Crippen LogP contribution >= 0.6 is 0 Å². The average molecular weight is 462 g/mol. The highest BCUT2D eigenvalue weighted by Crippen LogP contribution is 2.31. The number of aromatic nitrogens is 1. The minimum absolute atomic E-state index is 0.481.